The Labute approximate surface area is 151 Å². The summed E-state index contributed by atoms with van der Waals surface area (Å²) in [7, 11) is 0. The molecule has 1 saturated carbocycles. The molecule has 1 saturated heterocycles. The molecule has 1 unspecified atom stereocenters. The third-order valence-electron chi connectivity index (χ3n) is 6.39. The highest BCUT2D eigenvalue weighted by atomic mass is 16.2. The highest BCUT2D eigenvalue weighted by Crippen LogP contribution is 2.27. The molecule has 5 nitrogen and oxygen atoms in total. The zero-order valence-corrected chi connectivity index (χ0v) is 15.4. The summed E-state index contributed by atoms with van der Waals surface area (Å²) >= 11 is 0. The molecule has 1 aromatic rings. The maximum absolute atomic E-state index is 13.1. The van der Waals surface area contributed by atoms with Gasteiger partial charge in [-0.25, -0.2) is 4.98 Å². The van der Waals surface area contributed by atoms with Crippen molar-refractivity contribution in [3.8, 4) is 0 Å². The quantitative estimate of drug-likeness (QED) is 0.847. The zero-order chi connectivity index (χ0) is 17.1. The standard InChI is InChI=1S/C20H32N4O/c25-20(18-8-4-9-19-21-10-13-24(18)19)23-12-5-11-22(14-15-23)16-17-6-2-1-3-7-17/h10,13,17-18H,1-9,11-12,14-16H2. The van der Waals surface area contributed by atoms with E-state index in [9.17, 15) is 4.79 Å². The molecule has 1 amide bonds. The summed E-state index contributed by atoms with van der Waals surface area (Å²) in [5, 5.41) is 0. The van der Waals surface area contributed by atoms with Crippen LogP contribution in [0.3, 0.4) is 0 Å². The van der Waals surface area contributed by atoms with Crippen LogP contribution in [-0.2, 0) is 11.2 Å². The van der Waals surface area contributed by atoms with Crippen LogP contribution in [-0.4, -0.2) is 58.0 Å². The maximum atomic E-state index is 13.1. The average Bonchev–Trinajstić information content (AvgIpc) is 3.01. The van der Waals surface area contributed by atoms with E-state index < -0.39 is 0 Å². The van der Waals surface area contributed by atoms with Crippen molar-refractivity contribution in [3.05, 3.63) is 18.2 Å². The number of carbonyl (C=O) groups excluding carboxylic acids is 1. The van der Waals surface area contributed by atoms with Crippen molar-refractivity contribution in [2.75, 3.05) is 32.7 Å². The Bertz CT molecular complexity index is 578. The molecule has 2 fully saturated rings. The number of rotatable bonds is 3. The van der Waals surface area contributed by atoms with E-state index in [-0.39, 0.29) is 6.04 Å². The summed E-state index contributed by atoms with van der Waals surface area (Å²) < 4.78 is 2.12. The van der Waals surface area contributed by atoms with Gasteiger partial charge >= 0.3 is 0 Å². The van der Waals surface area contributed by atoms with Gasteiger partial charge in [-0.1, -0.05) is 19.3 Å². The van der Waals surface area contributed by atoms with Gasteiger partial charge in [-0.3, -0.25) is 4.79 Å². The summed E-state index contributed by atoms with van der Waals surface area (Å²) in [6.45, 7) is 5.26. The fourth-order valence-electron chi connectivity index (χ4n) is 4.98. The van der Waals surface area contributed by atoms with Gasteiger partial charge in [0.25, 0.3) is 0 Å². The zero-order valence-electron chi connectivity index (χ0n) is 15.4. The lowest BCUT2D eigenvalue weighted by Crippen LogP contribution is -2.41. The van der Waals surface area contributed by atoms with E-state index in [0.29, 0.717) is 5.91 Å². The summed E-state index contributed by atoms with van der Waals surface area (Å²) in [6.07, 6.45) is 15.1. The molecule has 0 bridgehead atoms. The average molecular weight is 345 g/mol. The largest absolute Gasteiger partial charge is 0.340 e. The second-order valence-corrected chi connectivity index (χ2v) is 8.14. The van der Waals surface area contributed by atoms with Crippen LogP contribution in [0.5, 0.6) is 0 Å². The Balaban J connectivity index is 1.34. The monoisotopic (exact) mass is 344 g/mol. The van der Waals surface area contributed by atoms with Crippen LogP contribution >= 0.6 is 0 Å². The Morgan fingerprint density at radius 3 is 2.76 bits per heavy atom. The number of hydrogen-bond acceptors (Lipinski definition) is 3. The molecule has 1 aliphatic carbocycles. The van der Waals surface area contributed by atoms with Crippen molar-refractivity contribution in [1.29, 1.82) is 0 Å². The van der Waals surface area contributed by atoms with Gasteiger partial charge < -0.3 is 14.4 Å². The highest BCUT2D eigenvalue weighted by molar-refractivity contribution is 5.80. The molecule has 1 atom stereocenters. The molecule has 25 heavy (non-hydrogen) atoms. The van der Waals surface area contributed by atoms with Gasteiger partial charge in [0.05, 0.1) is 0 Å². The summed E-state index contributed by atoms with van der Waals surface area (Å²) in [5.41, 5.74) is 0. The van der Waals surface area contributed by atoms with Crippen molar-refractivity contribution < 1.29 is 4.79 Å². The third-order valence-corrected chi connectivity index (χ3v) is 6.39. The van der Waals surface area contributed by atoms with Crippen LogP contribution in [0.15, 0.2) is 12.4 Å². The Morgan fingerprint density at radius 1 is 1.00 bits per heavy atom. The van der Waals surface area contributed by atoms with Crippen molar-refractivity contribution in [3.63, 3.8) is 0 Å². The number of hydrogen-bond donors (Lipinski definition) is 0. The van der Waals surface area contributed by atoms with Crippen LogP contribution in [0.1, 0.15) is 63.2 Å². The van der Waals surface area contributed by atoms with E-state index in [1.165, 1.54) is 38.6 Å². The first-order chi connectivity index (χ1) is 12.3. The van der Waals surface area contributed by atoms with Gasteiger partial charge in [-0.2, -0.15) is 0 Å². The van der Waals surface area contributed by atoms with Crippen LogP contribution in [0.4, 0.5) is 0 Å². The van der Waals surface area contributed by atoms with Gasteiger partial charge in [0.2, 0.25) is 5.91 Å². The van der Waals surface area contributed by atoms with Gasteiger partial charge in [0.1, 0.15) is 11.9 Å². The number of amides is 1. The lowest BCUT2D eigenvalue weighted by Gasteiger charge is -2.31. The highest BCUT2D eigenvalue weighted by Gasteiger charge is 2.31. The number of fused-ring (bicyclic) bond motifs is 1. The SMILES string of the molecule is O=C(C1CCCc2nccn21)N1CCCN(CC2CCCCC2)CC1. The van der Waals surface area contributed by atoms with Gasteiger partial charge in [0.15, 0.2) is 0 Å². The lowest BCUT2D eigenvalue weighted by atomic mass is 9.89. The first-order valence-electron chi connectivity index (χ1n) is 10.3. The molecule has 0 aromatic carbocycles. The Morgan fingerprint density at radius 2 is 1.88 bits per heavy atom. The molecular formula is C20H32N4O. The molecule has 4 rings (SSSR count). The second-order valence-electron chi connectivity index (χ2n) is 8.14. The smallest absolute Gasteiger partial charge is 0.245 e. The molecule has 3 heterocycles. The number of aromatic nitrogens is 2. The van der Waals surface area contributed by atoms with Crippen LogP contribution in [0.2, 0.25) is 0 Å². The predicted octanol–water partition coefficient (Wildman–Crippen LogP) is 2.88. The minimum absolute atomic E-state index is 0.0175. The van der Waals surface area contributed by atoms with Gasteiger partial charge in [-0.15, -0.1) is 0 Å². The number of aryl methyl sites for hydroxylation is 1. The van der Waals surface area contributed by atoms with Crippen molar-refractivity contribution >= 4 is 5.91 Å². The van der Waals surface area contributed by atoms with E-state index in [4.69, 9.17) is 0 Å². The maximum Gasteiger partial charge on any atom is 0.245 e. The minimum Gasteiger partial charge on any atom is -0.340 e. The van der Waals surface area contributed by atoms with Gasteiger partial charge in [-0.05, 0) is 44.6 Å². The lowest BCUT2D eigenvalue weighted by molar-refractivity contribution is -0.135. The van der Waals surface area contributed by atoms with Crippen molar-refractivity contribution in [2.45, 2.75) is 63.8 Å². The molecule has 3 aliphatic rings. The van der Waals surface area contributed by atoms with E-state index in [0.717, 1.165) is 63.6 Å². The molecule has 5 heteroatoms. The van der Waals surface area contributed by atoms with E-state index in [2.05, 4.69) is 19.4 Å². The van der Waals surface area contributed by atoms with E-state index in [1.807, 2.05) is 12.4 Å². The molecular weight excluding hydrogens is 312 g/mol. The normalized spacial score (nSPS) is 26.2. The van der Waals surface area contributed by atoms with E-state index >= 15 is 0 Å². The second kappa shape index (κ2) is 7.90. The van der Waals surface area contributed by atoms with Crippen LogP contribution < -0.4 is 0 Å². The van der Waals surface area contributed by atoms with Crippen LogP contribution in [0.25, 0.3) is 0 Å². The van der Waals surface area contributed by atoms with Crippen LogP contribution in [0, 0.1) is 5.92 Å². The molecule has 138 valence electrons. The summed E-state index contributed by atoms with van der Waals surface area (Å²) in [5.74, 6) is 2.29. The van der Waals surface area contributed by atoms with Gasteiger partial charge in [0, 0.05) is 45.0 Å². The Hall–Kier alpha value is -1.36. The van der Waals surface area contributed by atoms with Crippen molar-refractivity contribution in [1.82, 2.24) is 19.4 Å². The number of carbonyl (C=O) groups is 1. The van der Waals surface area contributed by atoms with E-state index in [1.54, 1.807) is 0 Å². The molecule has 1 aromatic heterocycles. The Kier molecular flexibility index (Phi) is 5.39. The third kappa shape index (κ3) is 3.91. The first-order valence-corrected chi connectivity index (χ1v) is 10.3. The topological polar surface area (TPSA) is 41.4 Å². The summed E-state index contributed by atoms with van der Waals surface area (Å²) in [4.78, 5) is 22.3. The fourth-order valence-corrected chi connectivity index (χ4v) is 4.98. The predicted molar refractivity (Wildman–Crippen MR) is 98.4 cm³/mol. The number of nitrogens with zero attached hydrogens (tertiary/aromatic N) is 4. The number of imidazole rings is 1. The summed E-state index contributed by atoms with van der Waals surface area (Å²) in [6, 6.07) is -0.0175. The fraction of sp³-hybridized carbons (Fsp3) is 0.800. The molecule has 2 aliphatic heterocycles. The van der Waals surface area contributed by atoms with Crippen molar-refractivity contribution in [2.24, 2.45) is 5.92 Å². The molecule has 0 radical (unpaired) electrons. The molecule has 0 spiro atoms. The molecule has 0 N–H and O–H groups in total. The minimum atomic E-state index is -0.0175. The first kappa shape index (κ1) is 17.1.